The third-order valence-corrected chi connectivity index (χ3v) is 3.17. The number of nitrogens with zero attached hydrogens (tertiary/aromatic N) is 1. The van der Waals surface area contributed by atoms with Crippen molar-refractivity contribution in [3.05, 3.63) is 23.8 Å². The van der Waals surface area contributed by atoms with Crippen LogP contribution in [-0.2, 0) is 4.74 Å². The smallest absolute Gasteiger partial charge is 0.103 e. The summed E-state index contributed by atoms with van der Waals surface area (Å²) in [6, 6.07) is 0. The Morgan fingerprint density at radius 1 is 1.46 bits per heavy atom. The van der Waals surface area contributed by atoms with Crippen LogP contribution in [0.5, 0.6) is 0 Å². The Hall–Kier alpha value is -0.890. The second-order valence-corrected chi connectivity index (χ2v) is 4.04. The van der Waals surface area contributed by atoms with Crippen molar-refractivity contribution in [3.8, 4) is 0 Å². The minimum Gasteiger partial charge on any atom is -0.361 e. The van der Waals surface area contributed by atoms with Crippen LogP contribution < -0.4 is 0 Å². The van der Waals surface area contributed by atoms with Crippen LogP contribution in [0.2, 0.25) is 0 Å². The number of aliphatic imine (C=N–C) groups is 1. The Bertz CT molecular complexity index is 310. The van der Waals surface area contributed by atoms with E-state index in [9.17, 15) is 0 Å². The lowest BCUT2D eigenvalue weighted by molar-refractivity contribution is -0.0946. The van der Waals surface area contributed by atoms with Crippen LogP contribution in [0.1, 0.15) is 19.3 Å². The van der Waals surface area contributed by atoms with E-state index < -0.39 is 0 Å². The van der Waals surface area contributed by atoms with Gasteiger partial charge in [0, 0.05) is 6.21 Å². The summed E-state index contributed by atoms with van der Waals surface area (Å²) in [6.07, 6.45) is 12.3. The van der Waals surface area contributed by atoms with Crippen molar-refractivity contribution in [2.45, 2.75) is 31.0 Å². The summed E-state index contributed by atoms with van der Waals surface area (Å²) in [5, 5.41) is 0. The molecule has 3 rings (SSSR count). The first-order valence-electron chi connectivity index (χ1n) is 4.95. The van der Waals surface area contributed by atoms with Gasteiger partial charge in [-0.15, -0.1) is 0 Å². The van der Waals surface area contributed by atoms with E-state index >= 15 is 0 Å². The maximum atomic E-state index is 6.04. The minimum absolute atomic E-state index is 0.0921. The highest BCUT2D eigenvalue weighted by atomic mass is 16.5. The van der Waals surface area contributed by atoms with Crippen molar-refractivity contribution >= 4 is 6.21 Å². The molecule has 3 aliphatic rings. The van der Waals surface area contributed by atoms with Gasteiger partial charge in [0.25, 0.3) is 0 Å². The van der Waals surface area contributed by atoms with Crippen LogP contribution in [0.15, 0.2) is 28.8 Å². The van der Waals surface area contributed by atoms with Crippen LogP contribution in [0.25, 0.3) is 0 Å². The number of rotatable bonds is 0. The lowest BCUT2D eigenvalue weighted by Crippen LogP contribution is -2.45. The molecule has 1 atom stereocenters. The maximum Gasteiger partial charge on any atom is 0.103 e. The van der Waals surface area contributed by atoms with Gasteiger partial charge in [0.15, 0.2) is 0 Å². The predicted octanol–water partition coefficient (Wildman–Crippen LogP) is 1.87. The van der Waals surface area contributed by atoms with E-state index in [1.54, 1.807) is 0 Å². The number of fused-ring (bicyclic) bond motifs is 1. The molecule has 0 aromatic carbocycles. The number of hydrogen-bond donors (Lipinski definition) is 0. The normalized spacial score (nSPS) is 33.8. The molecular formula is C11H13NO. The molecule has 1 unspecified atom stereocenters. The molecule has 0 radical (unpaired) electrons. The average molecular weight is 175 g/mol. The molecule has 1 spiro atoms. The minimum atomic E-state index is 0.0921. The first kappa shape index (κ1) is 7.51. The van der Waals surface area contributed by atoms with E-state index in [2.05, 4.69) is 23.2 Å². The molecule has 0 bridgehead atoms. The SMILES string of the molecule is C1=CC2(CCC2)OC2CN=CC=C12. The molecule has 0 aromatic heterocycles. The molecule has 1 aliphatic carbocycles. The van der Waals surface area contributed by atoms with E-state index in [0.717, 1.165) is 6.54 Å². The second-order valence-electron chi connectivity index (χ2n) is 4.04. The highest BCUT2D eigenvalue weighted by Crippen LogP contribution is 2.41. The van der Waals surface area contributed by atoms with Crippen molar-refractivity contribution in [1.29, 1.82) is 0 Å². The number of dihydropyridines is 1. The Balaban J connectivity index is 1.90. The molecule has 13 heavy (non-hydrogen) atoms. The zero-order valence-electron chi connectivity index (χ0n) is 7.57. The summed E-state index contributed by atoms with van der Waals surface area (Å²) >= 11 is 0. The van der Waals surface area contributed by atoms with Gasteiger partial charge in [-0.05, 0) is 30.9 Å². The largest absolute Gasteiger partial charge is 0.361 e. The molecule has 0 saturated heterocycles. The molecular weight excluding hydrogens is 162 g/mol. The third kappa shape index (κ3) is 1.09. The zero-order valence-corrected chi connectivity index (χ0v) is 7.57. The number of hydrogen-bond acceptors (Lipinski definition) is 2. The highest BCUT2D eigenvalue weighted by Gasteiger charge is 2.40. The molecule has 2 nitrogen and oxygen atoms in total. The summed E-state index contributed by atoms with van der Waals surface area (Å²) in [7, 11) is 0. The van der Waals surface area contributed by atoms with Crippen LogP contribution in [0.4, 0.5) is 0 Å². The van der Waals surface area contributed by atoms with Gasteiger partial charge in [-0.25, -0.2) is 0 Å². The van der Waals surface area contributed by atoms with E-state index in [1.807, 2.05) is 6.21 Å². The molecule has 1 saturated carbocycles. The van der Waals surface area contributed by atoms with Crippen molar-refractivity contribution in [2.75, 3.05) is 6.54 Å². The molecule has 1 fully saturated rings. The molecule has 68 valence electrons. The van der Waals surface area contributed by atoms with Gasteiger partial charge in [0.2, 0.25) is 0 Å². The average Bonchev–Trinajstić information content (AvgIpc) is 2.15. The van der Waals surface area contributed by atoms with Crippen molar-refractivity contribution in [1.82, 2.24) is 0 Å². The summed E-state index contributed by atoms with van der Waals surface area (Å²) in [6.45, 7) is 0.803. The van der Waals surface area contributed by atoms with Gasteiger partial charge >= 0.3 is 0 Å². The molecule has 0 N–H and O–H groups in total. The van der Waals surface area contributed by atoms with Crippen molar-refractivity contribution < 1.29 is 4.74 Å². The Morgan fingerprint density at radius 3 is 3.15 bits per heavy atom. The fourth-order valence-electron chi connectivity index (χ4n) is 2.16. The van der Waals surface area contributed by atoms with E-state index in [4.69, 9.17) is 4.74 Å². The molecule has 0 amide bonds. The topological polar surface area (TPSA) is 21.6 Å². The monoisotopic (exact) mass is 175 g/mol. The van der Waals surface area contributed by atoms with Gasteiger partial charge < -0.3 is 4.74 Å². The van der Waals surface area contributed by atoms with Crippen molar-refractivity contribution in [2.24, 2.45) is 4.99 Å². The standard InChI is InChI=1S/C11H13NO/c1-4-11(5-1)6-2-9-3-7-12-8-10(9)13-11/h2-3,6-7,10H,1,4-5,8H2. The van der Waals surface area contributed by atoms with E-state index in [1.165, 1.54) is 24.8 Å². The molecule has 0 aromatic rings. The second kappa shape index (κ2) is 2.55. The van der Waals surface area contributed by atoms with Crippen LogP contribution in [0, 0.1) is 0 Å². The zero-order chi connectivity index (χ0) is 8.73. The van der Waals surface area contributed by atoms with Gasteiger partial charge in [-0.2, -0.15) is 0 Å². The van der Waals surface area contributed by atoms with Gasteiger partial charge in [-0.1, -0.05) is 12.2 Å². The summed E-state index contributed by atoms with van der Waals surface area (Å²) < 4.78 is 6.04. The summed E-state index contributed by atoms with van der Waals surface area (Å²) in [5.41, 5.74) is 1.38. The fraction of sp³-hybridized carbons (Fsp3) is 0.545. The molecule has 2 heteroatoms. The number of allylic oxidation sites excluding steroid dienone is 1. The highest BCUT2D eigenvalue weighted by molar-refractivity contribution is 5.75. The van der Waals surface area contributed by atoms with Crippen LogP contribution in [-0.4, -0.2) is 24.5 Å². The first-order valence-corrected chi connectivity index (χ1v) is 4.95. The fourth-order valence-corrected chi connectivity index (χ4v) is 2.16. The summed E-state index contributed by atoms with van der Waals surface area (Å²) in [4.78, 5) is 4.23. The van der Waals surface area contributed by atoms with E-state index in [-0.39, 0.29) is 11.7 Å². The van der Waals surface area contributed by atoms with Crippen LogP contribution >= 0.6 is 0 Å². The van der Waals surface area contributed by atoms with Gasteiger partial charge in [0.05, 0.1) is 12.1 Å². The maximum absolute atomic E-state index is 6.04. The lowest BCUT2D eigenvalue weighted by atomic mass is 9.77. The van der Waals surface area contributed by atoms with Gasteiger partial charge in [0.1, 0.15) is 6.10 Å². The van der Waals surface area contributed by atoms with E-state index in [0.29, 0.717) is 0 Å². The lowest BCUT2D eigenvalue weighted by Gasteiger charge is -2.44. The number of ether oxygens (including phenoxy) is 1. The van der Waals surface area contributed by atoms with Crippen LogP contribution in [0.3, 0.4) is 0 Å². The Labute approximate surface area is 78.0 Å². The van der Waals surface area contributed by atoms with Gasteiger partial charge in [-0.3, -0.25) is 4.99 Å². The Morgan fingerprint density at radius 2 is 2.38 bits per heavy atom. The predicted molar refractivity (Wildman–Crippen MR) is 52.0 cm³/mol. The quantitative estimate of drug-likeness (QED) is 0.550. The van der Waals surface area contributed by atoms with Crippen molar-refractivity contribution in [3.63, 3.8) is 0 Å². The molecule has 2 heterocycles. The Kier molecular flexibility index (Phi) is 1.47. The first-order chi connectivity index (χ1) is 6.38. The third-order valence-electron chi connectivity index (χ3n) is 3.17. The molecule has 2 aliphatic heterocycles. The summed E-state index contributed by atoms with van der Waals surface area (Å²) in [5.74, 6) is 0.